The molecule has 1 saturated heterocycles. The first-order valence-electron chi connectivity index (χ1n) is 7.19. The largest absolute Gasteiger partial charge is 0.356 e. The molecule has 0 bridgehead atoms. The SMILES string of the molecule is Cn1c(-c2ccnc(N3CCC3)c2)cc2cc(Br)ccc21. The van der Waals surface area contributed by atoms with Gasteiger partial charge in [-0.2, -0.15) is 0 Å². The van der Waals surface area contributed by atoms with Crippen LogP contribution in [0.1, 0.15) is 6.42 Å². The molecule has 1 aromatic carbocycles. The molecule has 0 aliphatic carbocycles. The van der Waals surface area contributed by atoms with Crippen LogP contribution in [0.5, 0.6) is 0 Å². The molecule has 1 aliphatic heterocycles. The lowest BCUT2D eigenvalue weighted by Crippen LogP contribution is -2.37. The van der Waals surface area contributed by atoms with Gasteiger partial charge < -0.3 is 9.47 Å². The Kier molecular flexibility index (Phi) is 3.00. The van der Waals surface area contributed by atoms with Crippen LogP contribution >= 0.6 is 15.9 Å². The van der Waals surface area contributed by atoms with Gasteiger partial charge in [-0.25, -0.2) is 4.98 Å². The molecule has 0 atom stereocenters. The molecule has 21 heavy (non-hydrogen) atoms. The van der Waals surface area contributed by atoms with Crippen molar-refractivity contribution in [3.05, 3.63) is 47.1 Å². The number of aromatic nitrogens is 2. The molecule has 1 fully saturated rings. The third kappa shape index (κ3) is 2.14. The quantitative estimate of drug-likeness (QED) is 0.696. The van der Waals surface area contributed by atoms with E-state index in [9.17, 15) is 0 Å². The number of nitrogens with zero attached hydrogens (tertiary/aromatic N) is 3. The van der Waals surface area contributed by atoms with E-state index in [1.807, 2.05) is 6.20 Å². The van der Waals surface area contributed by atoms with Crippen molar-refractivity contribution in [3.8, 4) is 11.3 Å². The molecular formula is C17H16BrN3. The minimum Gasteiger partial charge on any atom is -0.356 e. The average Bonchev–Trinajstić information content (AvgIpc) is 2.74. The van der Waals surface area contributed by atoms with Gasteiger partial charge in [0.05, 0.1) is 0 Å². The lowest BCUT2D eigenvalue weighted by molar-refractivity contribution is 0.610. The van der Waals surface area contributed by atoms with Gasteiger partial charge in [-0.05, 0) is 42.8 Å². The maximum absolute atomic E-state index is 4.49. The van der Waals surface area contributed by atoms with Crippen molar-refractivity contribution in [2.45, 2.75) is 6.42 Å². The number of aryl methyl sites for hydroxylation is 1. The topological polar surface area (TPSA) is 21.1 Å². The summed E-state index contributed by atoms with van der Waals surface area (Å²) < 4.78 is 3.36. The number of benzene rings is 1. The first-order valence-corrected chi connectivity index (χ1v) is 7.98. The average molecular weight is 342 g/mol. The van der Waals surface area contributed by atoms with Crippen LogP contribution in [-0.4, -0.2) is 22.6 Å². The fourth-order valence-corrected chi connectivity index (χ4v) is 3.27. The molecule has 4 heteroatoms. The van der Waals surface area contributed by atoms with E-state index in [0.29, 0.717) is 0 Å². The molecule has 0 radical (unpaired) electrons. The van der Waals surface area contributed by atoms with Crippen molar-refractivity contribution in [3.63, 3.8) is 0 Å². The molecule has 3 aromatic rings. The number of rotatable bonds is 2. The van der Waals surface area contributed by atoms with Crippen LogP contribution < -0.4 is 4.90 Å². The maximum Gasteiger partial charge on any atom is 0.129 e. The first kappa shape index (κ1) is 12.9. The van der Waals surface area contributed by atoms with Gasteiger partial charge in [-0.1, -0.05) is 15.9 Å². The normalized spacial score (nSPS) is 14.5. The zero-order chi connectivity index (χ0) is 14.4. The van der Waals surface area contributed by atoms with Crippen molar-refractivity contribution < 1.29 is 0 Å². The Hall–Kier alpha value is -1.81. The summed E-state index contributed by atoms with van der Waals surface area (Å²) in [6.07, 6.45) is 3.19. The molecule has 4 rings (SSSR count). The van der Waals surface area contributed by atoms with Crippen molar-refractivity contribution in [2.75, 3.05) is 18.0 Å². The molecule has 0 amide bonds. The summed E-state index contributed by atoms with van der Waals surface area (Å²) in [6, 6.07) is 12.9. The maximum atomic E-state index is 4.49. The molecule has 2 aromatic heterocycles. The van der Waals surface area contributed by atoms with Gasteiger partial charge in [0.15, 0.2) is 0 Å². The summed E-state index contributed by atoms with van der Waals surface area (Å²) in [5.74, 6) is 1.09. The summed E-state index contributed by atoms with van der Waals surface area (Å²) >= 11 is 3.54. The first-order chi connectivity index (χ1) is 10.2. The number of pyridine rings is 1. The Morgan fingerprint density at radius 3 is 2.71 bits per heavy atom. The third-order valence-electron chi connectivity index (χ3n) is 4.23. The zero-order valence-electron chi connectivity index (χ0n) is 11.9. The minimum absolute atomic E-state index is 1.09. The van der Waals surface area contributed by atoms with E-state index in [-0.39, 0.29) is 0 Å². The van der Waals surface area contributed by atoms with Crippen molar-refractivity contribution in [1.82, 2.24) is 9.55 Å². The number of fused-ring (bicyclic) bond motifs is 1. The van der Waals surface area contributed by atoms with E-state index in [1.165, 1.54) is 28.6 Å². The highest BCUT2D eigenvalue weighted by atomic mass is 79.9. The van der Waals surface area contributed by atoms with Crippen LogP contribution in [0, 0.1) is 0 Å². The van der Waals surface area contributed by atoms with Crippen LogP contribution in [-0.2, 0) is 7.05 Å². The van der Waals surface area contributed by atoms with Gasteiger partial charge in [0.25, 0.3) is 0 Å². The highest BCUT2D eigenvalue weighted by Gasteiger charge is 2.16. The molecule has 3 nitrogen and oxygen atoms in total. The summed E-state index contributed by atoms with van der Waals surface area (Å²) in [7, 11) is 2.12. The van der Waals surface area contributed by atoms with Gasteiger partial charge in [0, 0.05) is 53.0 Å². The fourth-order valence-electron chi connectivity index (χ4n) is 2.89. The second-order valence-corrected chi connectivity index (χ2v) is 6.45. The Labute approximate surface area is 132 Å². The summed E-state index contributed by atoms with van der Waals surface area (Å²) in [5, 5.41) is 1.25. The van der Waals surface area contributed by atoms with Crippen molar-refractivity contribution >= 4 is 32.7 Å². The van der Waals surface area contributed by atoms with Crippen LogP contribution in [0.25, 0.3) is 22.2 Å². The van der Waals surface area contributed by atoms with E-state index in [1.54, 1.807) is 0 Å². The molecule has 0 saturated carbocycles. The summed E-state index contributed by atoms with van der Waals surface area (Å²) in [6.45, 7) is 2.25. The minimum atomic E-state index is 1.09. The second-order valence-electron chi connectivity index (χ2n) is 5.54. The summed E-state index contributed by atoms with van der Waals surface area (Å²) in [4.78, 5) is 6.82. The van der Waals surface area contributed by atoms with Crippen LogP contribution in [0.3, 0.4) is 0 Å². The second kappa shape index (κ2) is 4.88. The Bertz CT molecular complexity index is 818. The number of anilines is 1. The zero-order valence-corrected chi connectivity index (χ0v) is 13.5. The van der Waals surface area contributed by atoms with E-state index in [0.717, 1.165) is 23.4 Å². The van der Waals surface area contributed by atoms with Crippen molar-refractivity contribution in [2.24, 2.45) is 7.05 Å². The molecule has 106 valence electrons. The predicted molar refractivity (Wildman–Crippen MR) is 90.7 cm³/mol. The number of halogens is 1. The van der Waals surface area contributed by atoms with Gasteiger partial charge in [-0.15, -0.1) is 0 Å². The molecule has 3 heterocycles. The standard InChI is InChI=1S/C17H16BrN3/c1-20-15-4-3-14(18)9-13(15)10-16(20)12-5-6-19-17(11-12)21-7-2-8-21/h3-6,9-11H,2,7-8H2,1H3. The van der Waals surface area contributed by atoms with Gasteiger partial charge in [-0.3, -0.25) is 0 Å². The number of hydrogen-bond donors (Lipinski definition) is 0. The fraction of sp³-hybridized carbons (Fsp3) is 0.235. The van der Waals surface area contributed by atoms with Crippen LogP contribution in [0.15, 0.2) is 47.1 Å². The Balaban J connectivity index is 1.84. The Morgan fingerprint density at radius 1 is 1.10 bits per heavy atom. The van der Waals surface area contributed by atoms with Crippen molar-refractivity contribution in [1.29, 1.82) is 0 Å². The molecular weight excluding hydrogens is 326 g/mol. The van der Waals surface area contributed by atoms with E-state index < -0.39 is 0 Å². The van der Waals surface area contributed by atoms with E-state index >= 15 is 0 Å². The molecule has 1 aliphatic rings. The van der Waals surface area contributed by atoms with Crippen LogP contribution in [0.2, 0.25) is 0 Å². The predicted octanol–water partition coefficient (Wildman–Crippen LogP) is 4.21. The molecule has 0 spiro atoms. The number of hydrogen-bond acceptors (Lipinski definition) is 2. The van der Waals surface area contributed by atoms with Gasteiger partial charge >= 0.3 is 0 Å². The summed E-state index contributed by atoms with van der Waals surface area (Å²) in [5.41, 5.74) is 3.70. The smallest absolute Gasteiger partial charge is 0.129 e. The van der Waals surface area contributed by atoms with Gasteiger partial charge in [0.1, 0.15) is 5.82 Å². The molecule has 0 unspecified atom stereocenters. The lowest BCUT2D eigenvalue weighted by atomic mass is 10.1. The monoisotopic (exact) mass is 341 g/mol. The highest BCUT2D eigenvalue weighted by molar-refractivity contribution is 9.10. The Morgan fingerprint density at radius 2 is 1.95 bits per heavy atom. The van der Waals surface area contributed by atoms with Gasteiger partial charge in [0.2, 0.25) is 0 Å². The third-order valence-corrected chi connectivity index (χ3v) is 4.72. The molecule has 0 N–H and O–H groups in total. The van der Waals surface area contributed by atoms with E-state index in [4.69, 9.17) is 0 Å². The lowest BCUT2D eigenvalue weighted by Gasteiger charge is -2.32. The van der Waals surface area contributed by atoms with E-state index in [2.05, 4.69) is 73.8 Å². The van der Waals surface area contributed by atoms with Crippen LogP contribution in [0.4, 0.5) is 5.82 Å². The highest BCUT2D eigenvalue weighted by Crippen LogP contribution is 2.31.